The van der Waals surface area contributed by atoms with E-state index in [1.165, 1.54) is 0 Å². The van der Waals surface area contributed by atoms with Crippen LogP contribution in [0.1, 0.15) is 22.9 Å². The molecule has 0 atom stereocenters. The van der Waals surface area contributed by atoms with Gasteiger partial charge in [0.05, 0.1) is 12.2 Å². The second kappa shape index (κ2) is 9.71. The van der Waals surface area contributed by atoms with Gasteiger partial charge in [0, 0.05) is 19.8 Å². The summed E-state index contributed by atoms with van der Waals surface area (Å²) in [5.74, 6) is 2.20. The normalized spacial score (nSPS) is 11.0. The van der Waals surface area contributed by atoms with Crippen LogP contribution >= 0.6 is 35.6 Å². The van der Waals surface area contributed by atoms with Gasteiger partial charge in [-0.3, -0.25) is 4.99 Å². The fourth-order valence-corrected chi connectivity index (χ4v) is 1.99. The second-order valence-electron chi connectivity index (χ2n) is 4.84. The Bertz CT molecular complexity index is 622. The van der Waals surface area contributed by atoms with Gasteiger partial charge in [-0.2, -0.15) is 0 Å². The first-order valence-corrected chi connectivity index (χ1v) is 7.44. The molecule has 8 heteroatoms. The summed E-state index contributed by atoms with van der Waals surface area (Å²) in [6.07, 6.45) is 2.61. The molecule has 2 rings (SSSR count). The number of aliphatic imine (C=N–C) groups is 1. The summed E-state index contributed by atoms with van der Waals surface area (Å²) in [5.41, 5.74) is 2.03. The van der Waals surface area contributed by atoms with E-state index in [4.69, 9.17) is 16.0 Å². The maximum atomic E-state index is 5.76. The fourth-order valence-electron chi connectivity index (χ4n) is 1.87. The number of aryl methyl sites for hydroxylation is 2. The predicted octanol–water partition coefficient (Wildman–Crippen LogP) is 2.87. The lowest BCUT2D eigenvalue weighted by molar-refractivity contribution is 0.464. The van der Waals surface area contributed by atoms with Gasteiger partial charge in [0.1, 0.15) is 10.9 Å². The van der Waals surface area contributed by atoms with Crippen molar-refractivity contribution in [3.8, 4) is 0 Å². The minimum atomic E-state index is 0. The van der Waals surface area contributed by atoms with E-state index in [1.54, 1.807) is 19.3 Å². The molecular weight excluding hydrogens is 429 g/mol. The summed E-state index contributed by atoms with van der Waals surface area (Å²) in [6.45, 7) is 5.07. The molecule has 0 aliphatic rings. The zero-order valence-corrected chi connectivity index (χ0v) is 16.5. The maximum Gasteiger partial charge on any atom is 0.214 e. The monoisotopic (exact) mass is 449 g/mol. The molecule has 0 aliphatic carbocycles. The molecule has 0 saturated heterocycles. The number of hydrogen-bond acceptors (Lipinski definition) is 4. The zero-order chi connectivity index (χ0) is 15.9. The van der Waals surface area contributed by atoms with E-state index >= 15 is 0 Å². The van der Waals surface area contributed by atoms with Gasteiger partial charge < -0.3 is 15.1 Å². The largest absolute Gasteiger partial charge is 0.444 e. The highest BCUT2D eigenvalue weighted by Crippen LogP contribution is 2.07. The molecule has 0 fully saturated rings. The lowest BCUT2D eigenvalue weighted by Crippen LogP contribution is -2.37. The standard InChI is InChI=1S/C15H20ClN5O.HI/c1-10-11(2)22-14(21-10)9-20-15(17-3)18-7-6-12-4-5-13(16)19-8-12;/h4-5,8H,6-7,9H2,1-3H3,(H2,17,18,20);1H. The number of pyridine rings is 1. The summed E-state index contributed by atoms with van der Waals surface area (Å²) in [5, 5.41) is 6.91. The smallest absolute Gasteiger partial charge is 0.214 e. The Morgan fingerprint density at radius 3 is 2.65 bits per heavy atom. The van der Waals surface area contributed by atoms with Crippen molar-refractivity contribution in [3.05, 3.63) is 46.4 Å². The van der Waals surface area contributed by atoms with Crippen LogP contribution in [0.3, 0.4) is 0 Å². The quantitative estimate of drug-likeness (QED) is 0.318. The number of aromatic nitrogens is 2. The SMILES string of the molecule is CN=C(NCCc1ccc(Cl)nc1)NCc1nc(C)c(C)o1.I. The van der Waals surface area contributed by atoms with Crippen LogP contribution in [-0.2, 0) is 13.0 Å². The molecule has 0 amide bonds. The van der Waals surface area contributed by atoms with Crippen molar-refractivity contribution in [3.63, 3.8) is 0 Å². The maximum absolute atomic E-state index is 5.76. The molecule has 2 heterocycles. The Morgan fingerprint density at radius 2 is 2.09 bits per heavy atom. The van der Waals surface area contributed by atoms with Gasteiger partial charge in [0.25, 0.3) is 0 Å². The molecule has 0 radical (unpaired) electrons. The highest BCUT2D eigenvalue weighted by Gasteiger charge is 2.06. The van der Waals surface area contributed by atoms with E-state index in [0.29, 0.717) is 23.5 Å². The van der Waals surface area contributed by atoms with Crippen LogP contribution in [0.5, 0.6) is 0 Å². The zero-order valence-electron chi connectivity index (χ0n) is 13.4. The third-order valence-corrected chi connectivity index (χ3v) is 3.42. The first kappa shape index (κ1) is 19.7. The van der Waals surface area contributed by atoms with Crippen molar-refractivity contribution in [1.82, 2.24) is 20.6 Å². The van der Waals surface area contributed by atoms with E-state index in [1.807, 2.05) is 19.9 Å². The van der Waals surface area contributed by atoms with Crippen molar-refractivity contribution in [2.45, 2.75) is 26.8 Å². The molecule has 2 aromatic heterocycles. The molecule has 0 bridgehead atoms. The Labute approximate surface area is 158 Å². The van der Waals surface area contributed by atoms with Crippen molar-refractivity contribution in [1.29, 1.82) is 0 Å². The van der Waals surface area contributed by atoms with E-state index < -0.39 is 0 Å². The average Bonchev–Trinajstić information content (AvgIpc) is 2.83. The molecule has 126 valence electrons. The minimum absolute atomic E-state index is 0. The van der Waals surface area contributed by atoms with Crippen LogP contribution in [-0.4, -0.2) is 29.5 Å². The third-order valence-electron chi connectivity index (χ3n) is 3.20. The predicted molar refractivity (Wildman–Crippen MR) is 103 cm³/mol. The molecule has 23 heavy (non-hydrogen) atoms. The van der Waals surface area contributed by atoms with Crippen molar-refractivity contribution in [2.75, 3.05) is 13.6 Å². The summed E-state index contributed by atoms with van der Waals surface area (Å²) in [6, 6.07) is 3.75. The second-order valence-corrected chi connectivity index (χ2v) is 5.23. The van der Waals surface area contributed by atoms with Crippen molar-refractivity contribution in [2.24, 2.45) is 4.99 Å². The molecule has 0 unspecified atom stereocenters. The molecule has 0 aromatic carbocycles. The Hall–Kier alpha value is -1.35. The molecule has 0 spiro atoms. The third kappa shape index (κ3) is 6.34. The van der Waals surface area contributed by atoms with Crippen LogP contribution < -0.4 is 10.6 Å². The van der Waals surface area contributed by atoms with Crippen LogP contribution in [0.25, 0.3) is 0 Å². The number of nitrogens with one attached hydrogen (secondary N) is 2. The highest BCUT2D eigenvalue weighted by atomic mass is 127. The lowest BCUT2D eigenvalue weighted by Gasteiger charge is -2.10. The average molecular weight is 450 g/mol. The number of nitrogens with zero attached hydrogens (tertiary/aromatic N) is 3. The number of oxazole rings is 1. The molecule has 0 saturated carbocycles. The number of halogens is 2. The Balaban J connectivity index is 0.00000264. The van der Waals surface area contributed by atoms with Gasteiger partial charge in [-0.25, -0.2) is 9.97 Å². The van der Waals surface area contributed by atoms with Gasteiger partial charge in [-0.05, 0) is 31.9 Å². The van der Waals surface area contributed by atoms with E-state index in [-0.39, 0.29) is 24.0 Å². The molecule has 2 aromatic rings. The summed E-state index contributed by atoms with van der Waals surface area (Å²) in [7, 11) is 1.73. The van der Waals surface area contributed by atoms with Crippen LogP contribution in [0, 0.1) is 13.8 Å². The summed E-state index contributed by atoms with van der Waals surface area (Å²) < 4.78 is 5.52. The first-order valence-electron chi connectivity index (χ1n) is 7.06. The number of guanidine groups is 1. The molecular formula is C15H21ClIN5O. The van der Waals surface area contributed by atoms with Gasteiger partial charge in [0.15, 0.2) is 5.96 Å². The summed E-state index contributed by atoms with van der Waals surface area (Å²) >= 11 is 5.76. The minimum Gasteiger partial charge on any atom is -0.444 e. The van der Waals surface area contributed by atoms with E-state index in [0.717, 1.165) is 30.0 Å². The fraction of sp³-hybridized carbons (Fsp3) is 0.400. The number of hydrogen-bond donors (Lipinski definition) is 2. The van der Waals surface area contributed by atoms with E-state index in [9.17, 15) is 0 Å². The molecule has 0 aliphatic heterocycles. The van der Waals surface area contributed by atoms with E-state index in [2.05, 4.69) is 25.6 Å². The Kier molecular flexibility index (Phi) is 8.32. The lowest BCUT2D eigenvalue weighted by atomic mass is 10.2. The van der Waals surface area contributed by atoms with Crippen LogP contribution in [0.4, 0.5) is 0 Å². The molecule has 6 nitrogen and oxygen atoms in total. The molecule has 2 N–H and O–H groups in total. The van der Waals surface area contributed by atoms with Crippen LogP contribution in [0.15, 0.2) is 27.7 Å². The highest BCUT2D eigenvalue weighted by molar-refractivity contribution is 14.0. The van der Waals surface area contributed by atoms with Gasteiger partial charge in [-0.1, -0.05) is 17.7 Å². The van der Waals surface area contributed by atoms with Crippen LogP contribution in [0.2, 0.25) is 5.15 Å². The Morgan fingerprint density at radius 1 is 1.30 bits per heavy atom. The van der Waals surface area contributed by atoms with Gasteiger partial charge in [-0.15, -0.1) is 24.0 Å². The summed E-state index contributed by atoms with van der Waals surface area (Å²) in [4.78, 5) is 12.5. The first-order chi connectivity index (χ1) is 10.6. The van der Waals surface area contributed by atoms with Crippen molar-refractivity contribution < 1.29 is 4.42 Å². The topological polar surface area (TPSA) is 75.3 Å². The number of rotatable bonds is 5. The van der Waals surface area contributed by atoms with Gasteiger partial charge in [0.2, 0.25) is 5.89 Å². The van der Waals surface area contributed by atoms with Gasteiger partial charge >= 0.3 is 0 Å². The van der Waals surface area contributed by atoms with Crippen molar-refractivity contribution >= 4 is 41.5 Å².